The Balaban J connectivity index is -0.00000132. The molecule has 1 fully saturated rings. The van der Waals surface area contributed by atoms with Gasteiger partial charge in [-0.2, -0.15) is 0 Å². The molecule has 2 atom stereocenters. The molecule has 11 heteroatoms. The summed E-state index contributed by atoms with van der Waals surface area (Å²) in [6.07, 6.45) is -1.70. The third kappa shape index (κ3) is 6.21. The zero-order valence-corrected chi connectivity index (χ0v) is 19.0. The number of hydrogen-bond donors (Lipinski definition) is 0. The van der Waals surface area contributed by atoms with Crippen LogP contribution in [0.1, 0.15) is 18.9 Å². The molecule has 2 rings (SSSR count). The van der Waals surface area contributed by atoms with Crippen molar-refractivity contribution in [3.63, 3.8) is 0 Å². The number of carbonyl (C=O) groups excluding carboxylic acids is 3. The summed E-state index contributed by atoms with van der Waals surface area (Å²) in [5.74, 6) is -3.73. The Bertz CT molecular complexity index is 601. The Morgan fingerprint density at radius 2 is 1.69 bits per heavy atom. The van der Waals surface area contributed by atoms with Crippen molar-refractivity contribution in [3.8, 4) is 0 Å². The zero-order valence-electron chi connectivity index (χ0n) is 15.0. The second-order valence-electron chi connectivity index (χ2n) is 5.31. The molecule has 0 aromatic heterocycles. The van der Waals surface area contributed by atoms with Gasteiger partial charge in [-0.1, -0.05) is 37.3 Å². The van der Waals surface area contributed by atoms with Crippen molar-refractivity contribution >= 4 is 18.0 Å². The molecule has 134 valence electrons. The molecule has 1 saturated heterocycles. The quantitative estimate of drug-likeness (QED) is 0.454. The van der Waals surface area contributed by atoms with Crippen LogP contribution in [0.25, 0.3) is 0 Å². The van der Waals surface area contributed by atoms with E-state index >= 15 is 0 Å². The Hall–Kier alpha value is -0.650. The van der Waals surface area contributed by atoms with Crippen LogP contribution in [0.4, 0.5) is 4.79 Å². The van der Waals surface area contributed by atoms with E-state index in [9.17, 15) is 24.6 Å². The van der Waals surface area contributed by atoms with Gasteiger partial charge in [0.2, 0.25) is 0 Å². The smallest absolute Gasteiger partial charge is 0.550 e. The summed E-state index contributed by atoms with van der Waals surface area (Å²) in [6.45, 7) is 1.60. The fourth-order valence-electron chi connectivity index (χ4n) is 2.65. The predicted molar refractivity (Wildman–Crippen MR) is 77.1 cm³/mol. The molecule has 2 unspecified atom stereocenters. The summed E-state index contributed by atoms with van der Waals surface area (Å²) in [7, 11) is 0. The van der Waals surface area contributed by atoms with Crippen LogP contribution in [-0.4, -0.2) is 46.0 Å². The number of likely N-dealkylation sites (tertiary alicyclic amines) is 1. The second-order valence-corrected chi connectivity index (χ2v) is 5.31. The molecule has 0 spiro atoms. The Morgan fingerprint density at radius 3 is 2.12 bits per heavy atom. The number of carboxylic acid groups (broad SMARTS) is 2. The van der Waals surface area contributed by atoms with E-state index in [-0.39, 0.29) is 83.2 Å². The first-order chi connectivity index (χ1) is 10.4. The van der Waals surface area contributed by atoms with E-state index in [1.54, 1.807) is 31.2 Å². The average molecular weight is 387 g/mol. The first kappa shape index (κ1) is 30.1. The summed E-state index contributed by atoms with van der Waals surface area (Å²) in [6, 6.07) is 8.86. The van der Waals surface area contributed by atoms with Crippen molar-refractivity contribution in [2.45, 2.75) is 25.5 Å². The Kier molecular flexibility index (Phi) is 14.7. The molecule has 1 aliphatic rings. The van der Waals surface area contributed by atoms with Crippen molar-refractivity contribution < 1.29 is 99.4 Å². The standard InChI is InChI=1S/C15H17NO6.2Na.2H2O/c1-10-8-16(15(10,13(19)20)7-12(17)18)14(21)22-9-11-5-3-2-4-6-11;;;;/h2-6,10H,7-9H2,1H3,(H,17,18)(H,19,20);;;2*1H2/q;2*+1;;/p-2. The summed E-state index contributed by atoms with van der Waals surface area (Å²) < 4.78 is 5.05. The summed E-state index contributed by atoms with van der Waals surface area (Å²) >= 11 is 0. The normalized spacial score (nSPS) is 19.9. The van der Waals surface area contributed by atoms with Gasteiger partial charge in [0.25, 0.3) is 0 Å². The SMILES string of the molecule is CC1CN(C(=O)OCc2ccccc2)C1(CC(=O)[O-])C(=O)[O-].O.O.[Na+].[Na+]. The maximum Gasteiger partial charge on any atom is 1.00 e. The van der Waals surface area contributed by atoms with E-state index in [4.69, 9.17) is 4.74 Å². The van der Waals surface area contributed by atoms with Gasteiger partial charge < -0.3 is 35.5 Å². The molecule has 1 heterocycles. The molecule has 26 heavy (non-hydrogen) atoms. The van der Waals surface area contributed by atoms with Gasteiger partial charge in [0.05, 0.1) is 11.5 Å². The van der Waals surface area contributed by atoms with Crippen LogP contribution in [0.2, 0.25) is 0 Å². The first-order valence-electron chi connectivity index (χ1n) is 6.77. The number of carboxylic acids is 2. The van der Waals surface area contributed by atoms with E-state index < -0.39 is 35.9 Å². The van der Waals surface area contributed by atoms with E-state index in [0.29, 0.717) is 0 Å². The van der Waals surface area contributed by atoms with E-state index in [2.05, 4.69) is 0 Å². The van der Waals surface area contributed by atoms with Gasteiger partial charge in [0, 0.05) is 24.9 Å². The number of benzene rings is 1. The summed E-state index contributed by atoms with van der Waals surface area (Å²) in [5.41, 5.74) is -1.17. The fraction of sp³-hybridized carbons (Fsp3) is 0.400. The minimum atomic E-state index is -1.91. The Labute approximate surface area is 194 Å². The predicted octanol–water partition coefficient (Wildman–Crippen LogP) is -8.74. The molecule has 0 radical (unpaired) electrons. The van der Waals surface area contributed by atoms with Crippen LogP contribution in [0, 0.1) is 5.92 Å². The first-order valence-corrected chi connectivity index (χ1v) is 6.77. The van der Waals surface area contributed by atoms with E-state index in [0.717, 1.165) is 10.5 Å². The van der Waals surface area contributed by atoms with Gasteiger partial charge in [0.1, 0.15) is 6.61 Å². The van der Waals surface area contributed by atoms with Crippen LogP contribution in [0.3, 0.4) is 0 Å². The summed E-state index contributed by atoms with van der Waals surface area (Å²) in [4.78, 5) is 35.1. The zero-order chi connectivity index (χ0) is 16.3. The van der Waals surface area contributed by atoms with Gasteiger partial charge in [-0.05, 0) is 5.56 Å². The minimum Gasteiger partial charge on any atom is -0.550 e. The van der Waals surface area contributed by atoms with Crippen molar-refractivity contribution in [3.05, 3.63) is 35.9 Å². The number of nitrogens with zero attached hydrogens (tertiary/aromatic N) is 1. The van der Waals surface area contributed by atoms with Gasteiger partial charge in [-0.15, -0.1) is 0 Å². The molecular formula is C15H19NNa2O8. The third-order valence-corrected chi connectivity index (χ3v) is 3.95. The molecule has 1 amide bonds. The Morgan fingerprint density at radius 1 is 1.15 bits per heavy atom. The van der Waals surface area contributed by atoms with Crippen LogP contribution < -0.4 is 69.3 Å². The number of carbonyl (C=O) groups is 3. The number of aliphatic carboxylic acids is 2. The number of amides is 1. The van der Waals surface area contributed by atoms with Gasteiger partial charge in [0.15, 0.2) is 0 Å². The van der Waals surface area contributed by atoms with Crippen LogP contribution in [0.15, 0.2) is 30.3 Å². The average Bonchev–Trinajstić information content (AvgIpc) is 2.48. The van der Waals surface area contributed by atoms with Gasteiger partial charge in [-0.3, -0.25) is 4.90 Å². The molecule has 1 aromatic rings. The molecule has 0 aliphatic carbocycles. The number of ether oxygens (including phenoxy) is 1. The largest absolute Gasteiger partial charge is 1.00 e. The van der Waals surface area contributed by atoms with Crippen LogP contribution >= 0.6 is 0 Å². The van der Waals surface area contributed by atoms with Crippen molar-refractivity contribution in [2.24, 2.45) is 5.92 Å². The summed E-state index contributed by atoms with van der Waals surface area (Å²) in [5, 5.41) is 22.2. The molecule has 1 aromatic carbocycles. The molecule has 0 saturated carbocycles. The minimum absolute atomic E-state index is 0. The number of rotatable bonds is 5. The maximum atomic E-state index is 12.0. The van der Waals surface area contributed by atoms with Crippen molar-refractivity contribution in [1.29, 1.82) is 0 Å². The van der Waals surface area contributed by atoms with Gasteiger partial charge in [-0.25, -0.2) is 4.79 Å². The number of hydrogen-bond acceptors (Lipinski definition) is 6. The fourth-order valence-corrected chi connectivity index (χ4v) is 2.65. The topological polar surface area (TPSA) is 173 Å². The molecular weight excluding hydrogens is 368 g/mol. The van der Waals surface area contributed by atoms with Crippen molar-refractivity contribution in [1.82, 2.24) is 4.90 Å². The molecule has 1 aliphatic heterocycles. The second kappa shape index (κ2) is 12.7. The molecule has 0 bridgehead atoms. The third-order valence-electron chi connectivity index (χ3n) is 3.95. The maximum absolute atomic E-state index is 12.0. The molecule has 4 N–H and O–H groups in total. The molecule has 9 nitrogen and oxygen atoms in total. The monoisotopic (exact) mass is 387 g/mol. The van der Waals surface area contributed by atoms with E-state index in [1.807, 2.05) is 6.07 Å². The van der Waals surface area contributed by atoms with Crippen LogP contribution in [-0.2, 0) is 20.9 Å². The van der Waals surface area contributed by atoms with Gasteiger partial charge >= 0.3 is 65.2 Å². The van der Waals surface area contributed by atoms with Crippen LogP contribution in [0.5, 0.6) is 0 Å². The van der Waals surface area contributed by atoms with Crippen molar-refractivity contribution in [2.75, 3.05) is 6.54 Å². The van der Waals surface area contributed by atoms with E-state index in [1.165, 1.54) is 0 Å².